The molecule has 1 atom stereocenters. The molecule has 1 aromatic carbocycles. The minimum absolute atomic E-state index is 0.129. The summed E-state index contributed by atoms with van der Waals surface area (Å²) in [4.78, 5) is 4.29. The highest BCUT2D eigenvalue weighted by Crippen LogP contribution is 2.26. The fourth-order valence-electron chi connectivity index (χ4n) is 2.01. The minimum Gasteiger partial charge on any atom is -0.313 e. The monoisotopic (exact) mass is 298 g/mol. The van der Waals surface area contributed by atoms with Crippen molar-refractivity contribution in [3.05, 3.63) is 46.0 Å². The van der Waals surface area contributed by atoms with Gasteiger partial charge in [-0.2, -0.15) is 5.10 Å². The van der Waals surface area contributed by atoms with Crippen molar-refractivity contribution in [2.45, 2.75) is 25.9 Å². The van der Waals surface area contributed by atoms with Crippen LogP contribution in [0.5, 0.6) is 0 Å². The Kier molecular flexibility index (Phi) is 4.80. The van der Waals surface area contributed by atoms with Crippen LogP contribution in [-0.4, -0.2) is 21.8 Å². The van der Waals surface area contributed by atoms with E-state index in [1.165, 1.54) is 0 Å². The number of hydrogen-bond acceptors (Lipinski definition) is 3. The molecule has 0 aliphatic heterocycles. The number of nitrogens with one attached hydrogen (secondary N) is 1. The van der Waals surface area contributed by atoms with Crippen LogP contribution < -0.4 is 5.32 Å². The summed E-state index contributed by atoms with van der Waals surface area (Å²) in [7, 11) is 1.92. The largest absolute Gasteiger partial charge is 0.313 e. The molecule has 0 spiro atoms. The first-order chi connectivity index (χ1) is 9.15. The Hall–Kier alpha value is -1.10. The molecule has 6 heteroatoms. The number of aromatic nitrogens is 3. The second-order valence-corrected chi connectivity index (χ2v) is 5.03. The zero-order valence-corrected chi connectivity index (χ0v) is 12.4. The topological polar surface area (TPSA) is 42.7 Å². The van der Waals surface area contributed by atoms with Crippen LogP contribution in [0.3, 0.4) is 0 Å². The second kappa shape index (κ2) is 6.37. The Morgan fingerprint density at radius 2 is 2.11 bits per heavy atom. The van der Waals surface area contributed by atoms with Gasteiger partial charge in [0.25, 0.3) is 0 Å². The van der Waals surface area contributed by atoms with Crippen molar-refractivity contribution in [1.82, 2.24) is 20.1 Å². The lowest BCUT2D eigenvalue weighted by Gasteiger charge is -2.17. The second-order valence-electron chi connectivity index (χ2n) is 4.21. The summed E-state index contributed by atoms with van der Waals surface area (Å²) in [6.07, 6.45) is 2.34. The summed E-state index contributed by atoms with van der Waals surface area (Å²) in [5.74, 6) is 0.952. The number of nitrogens with zero attached hydrogens (tertiary/aromatic N) is 3. The molecule has 0 aliphatic rings. The van der Waals surface area contributed by atoms with Crippen LogP contribution in [0.1, 0.15) is 24.4 Å². The molecule has 0 bridgehead atoms. The zero-order chi connectivity index (χ0) is 13.8. The molecule has 4 nitrogen and oxygen atoms in total. The van der Waals surface area contributed by atoms with Crippen molar-refractivity contribution in [2.75, 3.05) is 7.05 Å². The average molecular weight is 299 g/mol. The molecule has 102 valence electrons. The Labute approximate surface area is 122 Å². The Balaban J connectivity index is 2.22. The van der Waals surface area contributed by atoms with Gasteiger partial charge in [0, 0.05) is 19.0 Å². The normalized spacial score (nSPS) is 12.6. The summed E-state index contributed by atoms with van der Waals surface area (Å²) < 4.78 is 1.89. The quantitative estimate of drug-likeness (QED) is 0.922. The van der Waals surface area contributed by atoms with E-state index in [4.69, 9.17) is 23.2 Å². The van der Waals surface area contributed by atoms with Crippen molar-refractivity contribution in [3.8, 4) is 0 Å². The number of halogens is 2. The molecule has 1 N–H and O–H groups in total. The molecular formula is C13H16Cl2N4. The van der Waals surface area contributed by atoms with Crippen molar-refractivity contribution in [3.63, 3.8) is 0 Å². The van der Waals surface area contributed by atoms with E-state index in [0.29, 0.717) is 10.0 Å². The van der Waals surface area contributed by atoms with Gasteiger partial charge in [0.1, 0.15) is 12.2 Å². The molecule has 0 fully saturated rings. The van der Waals surface area contributed by atoms with Crippen LogP contribution >= 0.6 is 23.2 Å². The number of rotatable bonds is 5. The first-order valence-electron chi connectivity index (χ1n) is 6.14. The van der Waals surface area contributed by atoms with Crippen LogP contribution in [-0.2, 0) is 13.0 Å². The molecule has 2 aromatic rings. The SMILES string of the molecule is CCn1ncnc1CC(NC)c1ccc(Cl)c(Cl)c1. The van der Waals surface area contributed by atoms with Gasteiger partial charge in [-0.1, -0.05) is 29.3 Å². The Morgan fingerprint density at radius 3 is 2.74 bits per heavy atom. The van der Waals surface area contributed by atoms with E-state index in [1.54, 1.807) is 6.33 Å². The molecular weight excluding hydrogens is 283 g/mol. The van der Waals surface area contributed by atoms with Crippen LogP contribution in [0.4, 0.5) is 0 Å². The van der Waals surface area contributed by atoms with E-state index in [1.807, 2.05) is 36.9 Å². The van der Waals surface area contributed by atoms with Gasteiger partial charge < -0.3 is 5.32 Å². The lowest BCUT2D eigenvalue weighted by atomic mass is 10.0. The number of aryl methyl sites for hydroxylation is 1. The smallest absolute Gasteiger partial charge is 0.138 e. The van der Waals surface area contributed by atoms with E-state index in [-0.39, 0.29) is 6.04 Å². The maximum Gasteiger partial charge on any atom is 0.138 e. The first kappa shape index (κ1) is 14.3. The third-order valence-corrected chi connectivity index (χ3v) is 3.82. The summed E-state index contributed by atoms with van der Waals surface area (Å²) >= 11 is 12.0. The summed E-state index contributed by atoms with van der Waals surface area (Å²) in [5, 5.41) is 8.58. The van der Waals surface area contributed by atoms with Gasteiger partial charge in [-0.25, -0.2) is 4.98 Å². The lowest BCUT2D eigenvalue weighted by Crippen LogP contribution is -2.21. The van der Waals surface area contributed by atoms with Crippen LogP contribution in [0, 0.1) is 0 Å². The fraction of sp³-hybridized carbons (Fsp3) is 0.385. The van der Waals surface area contributed by atoms with Gasteiger partial charge in [-0.15, -0.1) is 0 Å². The molecule has 1 heterocycles. The minimum atomic E-state index is 0.129. The fourth-order valence-corrected chi connectivity index (χ4v) is 2.32. The summed E-state index contributed by atoms with van der Waals surface area (Å²) in [6, 6.07) is 5.80. The van der Waals surface area contributed by atoms with Gasteiger partial charge in [-0.05, 0) is 31.7 Å². The molecule has 2 rings (SSSR count). The van der Waals surface area contributed by atoms with E-state index in [0.717, 1.165) is 24.4 Å². The highest BCUT2D eigenvalue weighted by atomic mass is 35.5. The van der Waals surface area contributed by atoms with Crippen molar-refractivity contribution < 1.29 is 0 Å². The molecule has 0 amide bonds. The molecule has 19 heavy (non-hydrogen) atoms. The van der Waals surface area contributed by atoms with Crippen LogP contribution in [0.25, 0.3) is 0 Å². The van der Waals surface area contributed by atoms with Gasteiger partial charge in [0.2, 0.25) is 0 Å². The van der Waals surface area contributed by atoms with Crippen molar-refractivity contribution in [1.29, 1.82) is 0 Å². The maximum absolute atomic E-state index is 6.06. The molecule has 1 aromatic heterocycles. The molecule has 0 aliphatic carbocycles. The first-order valence-corrected chi connectivity index (χ1v) is 6.90. The molecule has 1 unspecified atom stereocenters. The van der Waals surface area contributed by atoms with Crippen LogP contribution in [0.15, 0.2) is 24.5 Å². The number of hydrogen-bond donors (Lipinski definition) is 1. The Morgan fingerprint density at radius 1 is 1.32 bits per heavy atom. The molecule has 0 radical (unpaired) electrons. The molecule has 0 saturated heterocycles. The number of likely N-dealkylation sites (N-methyl/N-ethyl adjacent to an activating group) is 1. The van der Waals surface area contributed by atoms with Gasteiger partial charge in [0.05, 0.1) is 10.0 Å². The third kappa shape index (κ3) is 3.26. The van der Waals surface area contributed by atoms with Crippen molar-refractivity contribution >= 4 is 23.2 Å². The van der Waals surface area contributed by atoms with Gasteiger partial charge >= 0.3 is 0 Å². The van der Waals surface area contributed by atoms with E-state index < -0.39 is 0 Å². The van der Waals surface area contributed by atoms with Crippen molar-refractivity contribution in [2.24, 2.45) is 0 Å². The zero-order valence-electron chi connectivity index (χ0n) is 10.9. The van der Waals surface area contributed by atoms with Gasteiger partial charge in [-0.3, -0.25) is 4.68 Å². The number of benzene rings is 1. The standard InChI is InChI=1S/C13H16Cl2N4/c1-3-19-13(17-8-18-19)7-12(16-2)9-4-5-10(14)11(15)6-9/h4-6,8,12,16H,3,7H2,1-2H3. The Bertz CT molecular complexity index is 553. The highest BCUT2D eigenvalue weighted by Gasteiger charge is 2.15. The summed E-state index contributed by atoms with van der Waals surface area (Å²) in [6.45, 7) is 2.86. The lowest BCUT2D eigenvalue weighted by molar-refractivity contribution is 0.533. The van der Waals surface area contributed by atoms with Gasteiger partial charge in [0.15, 0.2) is 0 Å². The van der Waals surface area contributed by atoms with E-state index >= 15 is 0 Å². The highest BCUT2D eigenvalue weighted by molar-refractivity contribution is 6.42. The molecule has 0 saturated carbocycles. The maximum atomic E-state index is 6.06. The predicted octanol–water partition coefficient (Wildman–Crippen LogP) is 3.11. The van der Waals surface area contributed by atoms with E-state index in [2.05, 4.69) is 15.4 Å². The van der Waals surface area contributed by atoms with Crippen LogP contribution in [0.2, 0.25) is 10.0 Å². The summed E-state index contributed by atoms with van der Waals surface area (Å²) in [5.41, 5.74) is 1.09. The third-order valence-electron chi connectivity index (χ3n) is 3.08. The predicted molar refractivity (Wildman–Crippen MR) is 77.7 cm³/mol. The van der Waals surface area contributed by atoms with E-state index in [9.17, 15) is 0 Å². The average Bonchev–Trinajstić information content (AvgIpc) is 2.86.